The van der Waals surface area contributed by atoms with Gasteiger partial charge in [0.1, 0.15) is 23.8 Å². The SMILES string of the molecule is COc1ccc(OC)c(N(CC(=O)Nc2cc(S(=O)(=O)NC(C)C)ccc2OC)S(C)(=O)=O)c1. The predicted octanol–water partition coefficient (Wildman–Crippen LogP) is 1.80. The number of sulfonamides is 2. The van der Waals surface area contributed by atoms with E-state index in [4.69, 9.17) is 14.2 Å². The number of rotatable bonds is 11. The van der Waals surface area contributed by atoms with E-state index in [9.17, 15) is 21.6 Å². The molecular formula is C21H29N3O8S2. The fourth-order valence-corrected chi connectivity index (χ4v) is 5.15. The number of methoxy groups -OCH3 is 3. The summed E-state index contributed by atoms with van der Waals surface area (Å²) in [4.78, 5) is 12.8. The average molecular weight is 516 g/mol. The lowest BCUT2D eigenvalue weighted by Crippen LogP contribution is -2.37. The number of benzene rings is 2. The molecule has 1 amide bonds. The molecule has 0 heterocycles. The van der Waals surface area contributed by atoms with E-state index >= 15 is 0 Å². The molecule has 34 heavy (non-hydrogen) atoms. The first kappa shape index (κ1) is 27.2. The number of nitrogens with zero attached hydrogens (tertiary/aromatic N) is 1. The van der Waals surface area contributed by atoms with E-state index in [0.29, 0.717) is 5.75 Å². The minimum Gasteiger partial charge on any atom is -0.497 e. The standard InChI is InChI=1S/C21H29N3O8S2/c1-14(2)23-34(28,29)16-8-10-19(31-4)17(12-16)22-21(25)13-24(33(6,26)27)18-11-15(30-3)7-9-20(18)32-5/h7-12,14,23H,13H2,1-6H3,(H,22,25). The largest absolute Gasteiger partial charge is 0.497 e. The Hall–Kier alpha value is -3.03. The van der Waals surface area contributed by atoms with Crippen molar-refractivity contribution in [2.45, 2.75) is 24.8 Å². The van der Waals surface area contributed by atoms with Crippen molar-refractivity contribution in [2.24, 2.45) is 0 Å². The zero-order chi connectivity index (χ0) is 25.7. The molecule has 0 spiro atoms. The van der Waals surface area contributed by atoms with Gasteiger partial charge in [-0.3, -0.25) is 9.10 Å². The van der Waals surface area contributed by atoms with Crippen LogP contribution in [0, 0.1) is 0 Å². The molecule has 13 heteroatoms. The van der Waals surface area contributed by atoms with Crippen molar-refractivity contribution in [1.29, 1.82) is 0 Å². The van der Waals surface area contributed by atoms with E-state index in [1.54, 1.807) is 19.9 Å². The molecule has 0 aromatic heterocycles. The van der Waals surface area contributed by atoms with Crippen molar-refractivity contribution in [1.82, 2.24) is 4.72 Å². The van der Waals surface area contributed by atoms with E-state index in [1.807, 2.05) is 0 Å². The first-order valence-corrected chi connectivity index (χ1v) is 13.4. The predicted molar refractivity (Wildman–Crippen MR) is 129 cm³/mol. The highest BCUT2D eigenvalue weighted by molar-refractivity contribution is 7.92. The molecule has 2 N–H and O–H groups in total. The van der Waals surface area contributed by atoms with E-state index < -0.39 is 32.5 Å². The Balaban J connectivity index is 2.42. The average Bonchev–Trinajstić information content (AvgIpc) is 2.75. The fourth-order valence-electron chi connectivity index (χ4n) is 3.02. The summed E-state index contributed by atoms with van der Waals surface area (Å²) < 4.78 is 69.1. The van der Waals surface area contributed by atoms with Crippen LogP contribution in [0.2, 0.25) is 0 Å². The highest BCUT2D eigenvalue weighted by atomic mass is 32.2. The monoisotopic (exact) mass is 515 g/mol. The van der Waals surface area contributed by atoms with Crippen LogP contribution in [-0.4, -0.2) is 62.9 Å². The molecule has 0 saturated heterocycles. The Bertz CT molecular complexity index is 1240. The topological polar surface area (TPSA) is 140 Å². The summed E-state index contributed by atoms with van der Waals surface area (Å²) in [7, 11) is -3.62. The molecule has 0 bridgehead atoms. The molecule has 0 radical (unpaired) electrons. The molecule has 0 aliphatic heterocycles. The zero-order valence-corrected chi connectivity index (χ0v) is 21.4. The smallest absolute Gasteiger partial charge is 0.245 e. The third kappa shape index (κ3) is 6.74. The third-order valence-corrected chi connectivity index (χ3v) is 7.27. The van der Waals surface area contributed by atoms with Crippen LogP contribution in [0.4, 0.5) is 11.4 Å². The van der Waals surface area contributed by atoms with Crippen LogP contribution in [0.25, 0.3) is 0 Å². The molecule has 0 unspecified atom stereocenters. The molecule has 0 aliphatic rings. The van der Waals surface area contributed by atoms with Crippen LogP contribution in [0.5, 0.6) is 17.2 Å². The summed E-state index contributed by atoms with van der Waals surface area (Å²) in [5, 5.41) is 2.53. The summed E-state index contributed by atoms with van der Waals surface area (Å²) in [5.41, 5.74) is 0.161. The summed E-state index contributed by atoms with van der Waals surface area (Å²) in [6.45, 7) is 2.74. The van der Waals surface area contributed by atoms with Crippen molar-refractivity contribution in [3.8, 4) is 17.2 Å². The molecule has 0 aliphatic carbocycles. The van der Waals surface area contributed by atoms with Gasteiger partial charge in [0.15, 0.2) is 0 Å². The fraction of sp³-hybridized carbons (Fsp3) is 0.381. The van der Waals surface area contributed by atoms with Gasteiger partial charge in [-0.2, -0.15) is 0 Å². The maximum Gasteiger partial charge on any atom is 0.245 e. The Labute approximate surface area is 200 Å². The number of hydrogen-bond donors (Lipinski definition) is 2. The lowest BCUT2D eigenvalue weighted by molar-refractivity contribution is -0.114. The molecule has 188 valence electrons. The number of ether oxygens (including phenoxy) is 3. The van der Waals surface area contributed by atoms with Crippen LogP contribution in [0.3, 0.4) is 0 Å². The Kier molecular flexibility index (Phi) is 8.75. The van der Waals surface area contributed by atoms with Crippen LogP contribution < -0.4 is 28.6 Å². The quantitative estimate of drug-likeness (QED) is 0.462. The number of anilines is 2. The first-order valence-electron chi connectivity index (χ1n) is 10.0. The molecule has 2 aromatic rings. The highest BCUT2D eigenvalue weighted by Crippen LogP contribution is 2.34. The molecule has 0 fully saturated rings. The summed E-state index contributed by atoms with van der Waals surface area (Å²) in [6, 6.07) is 8.16. The lowest BCUT2D eigenvalue weighted by atomic mass is 10.2. The zero-order valence-electron chi connectivity index (χ0n) is 19.8. The van der Waals surface area contributed by atoms with Crippen molar-refractivity contribution < 1.29 is 35.8 Å². The second kappa shape index (κ2) is 10.9. The van der Waals surface area contributed by atoms with Gasteiger partial charge >= 0.3 is 0 Å². The minimum atomic E-state index is -3.92. The Morgan fingerprint density at radius 1 is 0.941 bits per heavy atom. The van der Waals surface area contributed by atoms with Crippen LogP contribution >= 0.6 is 0 Å². The maximum absolute atomic E-state index is 12.9. The van der Waals surface area contributed by atoms with Crippen molar-refractivity contribution in [3.63, 3.8) is 0 Å². The maximum atomic E-state index is 12.9. The molecule has 2 aromatic carbocycles. The molecule has 11 nitrogen and oxygen atoms in total. The number of carbonyl (C=O) groups is 1. The molecular weight excluding hydrogens is 486 g/mol. The van der Waals surface area contributed by atoms with Gasteiger partial charge in [0.05, 0.1) is 43.9 Å². The Morgan fingerprint density at radius 2 is 1.56 bits per heavy atom. The summed E-state index contributed by atoms with van der Waals surface area (Å²) in [6.07, 6.45) is 0.949. The van der Waals surface area contributed by atoms with Crippen LogP contribution in [-0.2, 0) is 24.8 Å². The second-order valence-electron chi connectivity index (χ2n) is 7.49. The lowest BCUT2D eigenvalue weighted by Gasteiger charge is -2.24. The van der Waals surface area contributed by atoms with Crippen LogP contribution in [0.15, 0.2) is 41.3 Å². The van der Waals surface area contributed by atoms with Gasteiger partial charge in [0, 0.05) is 12.1 Å². The van der Waals surface area contributed by atoms with Gasteiger partial charge in [0.25, 0.3) is 0 Å². The molecule has 0 saturated carbocycles. The van der Waals surface area contributed by atoms with E-state index in [-0.39, 0.29) is 33.8 Å². The van der Waals surface area contributed by atoms with Gasteiger partial charge in [-0.05, 0) is 44.2 Å². The minimum absolute atomic E-state index is 0.0604. The van der Waals surface area contributed by atoms with E-state index in [0.717, 1.165) is 10.6 Å². The second-order valence-corrected chi connectivity index (χ2v) is 11.1. The molecule has 0 atom stereocenters. The first-order chi connectivity index (χ1) is 15.8. The van der Waals surface area contributed by atoms with Gasteiger partial charge < -0.3 is 19.5 Å². The number of amides is 1. The number of hydrogen-bond acceptors (Lipinski definition) is 8. The molecule has 2 rings (SSSR count). The highest BCUT2D eigenvalue weighted by Gasteiger charge is 2.26. The van der Waals surface area contributed by atoms with Gasteiger partial charge in [0.2, 0.25) is 26.0 Å². The number of carbonyl (C=O) groups excluding carboxylic acids is 1. The Morgan fingerprint density at radius 3 is 2.09 bits per heavy atom. The van der Waals surface area contributed by atoms with Crippen molar-refractivity contribution in [3.05, 3.63) is 36.4 Å². The van der Waals surface area contributed by atoms with Gasteiger partial charge in [-0.1, -0.05) is 0 Å². The third-order valence-electron chi connectivity index (χ3n) is 4.49. The number of nitrogens with one attached hydrogen (secondary N) is 2. The van der Waals surface area contributed by atoms with Crippen molar-refractivity contribution in [2.75, 3.05) is 43.8 Å². The summed E-state index contributed by atoms with van der Waals surface area (Å²) >= 11 is 0. The van der Waals surface area contributed by atoms with Gasteiger partial charge in [-0.15, -0.1) is 0 Å². The van der Waals surface area contributed by atoms with Crippen molar-refractivity contribution >= 4 is 37.3 Å². The van der Waals surface area contributed by atoms with E-state index in [1.165, 1.54) is 51.7 Å². The van der Waals surface area contributed by atoms with E-state index in [2.05, 4.69) is 10.0 Å². The van der Waals surface area contributed by atoms with Crippen LogP contribution in [0.1, 0.15) is 13.8 Å². The summed E-state index contributed by atoms with van der Waals surface area (Å²) in [5.74, 6) is 0.0354. The van der Waals surface area contributed by atoms with Gasteiger partial charge in [-0.25, -0.2) is 21.6 Å². The normalized spacial score (nSPS) is 11.7.